The number of hydrogen-bond donors (Lipinski definition) is 0. The molecule has 0 aliphatic rings. The molecule has 0 aromatic rings. The number of hydrogen-bond acceptors (Lipinski definition) is 4. The Morgan fingerprint density at radius 3 is 1.14 bits per heavy atom. The van der Waals surface area contributed by atoms with Crippen LogP contribution in [0, 0.1) is 5.92 Å². The van der Waals surface area contributed by atoms with Crippen molar-refractivity contribution >= 4 is 10.4 Å². The third-order valence-corrected chi connectivity index (χ3v) is 9.16. The van der Waals surface area contributed by atoms with Crippen molar-refractivity contribution in [3.63, 3.8) is 0 Å². The van der Waals surface area contributed by atoms with Crippen molar-refractivity contribution in [3.8, 4) is 0 Å². The molecule has 0 bridgehead atoms. The van der Waals surface area contributed by atoms with E-state index in [1.807, 2.05) is 0 Å². The normalized spacial score (nSPS) is 12.6. The van der Waals surface area contributed by atoms with Crippen molar-refractivity contribution in [2.75, 3.05) is 6.61 Å². The predicted molar refractivity (Wildman–Crippen MR) is 183 cm³/mol. The second-order valence-electron chi connectivity index (χ2n) is 13.0. The Morgan fingerprint density at radius 1 is 0.512 bits per heavy atom. The summed E-state index contributed by atoms with van der Waals surface area (Å²) < 4.78 is 37.5. The predicted octanol–water partition coefficient (Wildman–Crippen LogP) is 9.77. The first-order valence-corrected chi connectivity index (χ1v) is 20.1. The fourth-order valence-electron chi connectivity index (χ4n) is 5.93. The largest absolute Gasteiger partial charge is 1.00 e. The third kappa shape index (κ3) is 41.2. The quantitative estimate of drug-likeness (QED) is 0.0225. The van der Waals surface area contributed by atoms with Gasteiger partial charge in [0.15, 0.2) is 0 Å². The van der Waals surface area contributed by atoms with E-state index in [-0.39, 0.29) is 63.9 Å². The zero-order valence-corrected chi connectivity index (χ0v) is 33.3. The zero-order chi connectivity index (χ0) is 30.8. The minimum absolute atomic E-state index is 0. The molecule has 4 nitrogen and oxygen atoms in total. The minimum atomic E-state index is -4.62. The summed E-state index contributed by atoms with van der Waals surface area (Å²) in [6, 6.07) is 0. The summed E-state index contributed by atoms with van der Waals surface area (Å²) >= 11 is 0. The van der Waals surface area contributed by atoms with Gasteiger partial charge in [0.2, 0.25) is 10.4 Å². The van der Waals surface area contributed by atoms with Crippen LogP contribution in [0.1, 0.15) is 213 Å². The monoisotopic (exact) mass is 652 g/mol. The molecule has 0 aliphatic heterocycles. The standard InChI is InChI=1S/C37H74O4S.K/c1-3-5-7-9-11-13-15-17-19-20-21-23-25-27-29-31-33-35-37(36-41-42(38,39)40)34-32-30-28-26-24-22-18-16-14-12-10-8-6-4-2;/h33,35,37H,3-32,34,36H2,1-2H3,(H,38,39,40);/q;+1/p-1/b35-33+;. The fourth-order valence-corrected chi connectivity index (χ4v) is 6.27. The Kier molecular flexibility index (Phi) is 40.7. The van der Waals surface area contributed by atoms with E-state index in [1.165, 1.54) is 180 Å². The summed E-state index contributed by atoms with van der Waals surface area (Å²) in [5.41, 5.74) is 0. The third-order valence-electron chi connectivity index (χ3n) is 8.74. The fraction of sp³-hybridized carbons (Fsp3) is 0.946. The van der Waals surface area contributed by atoms with E-state index >= 15 is 0 Å². The second kappa shape index (κ2) is 37.7. The maximum absolute atomic E-state index is 11.0. The Labute approximate surface area is 313 Å². The van der Waals surface area contributed by atoms with E-state index in [0.29, 0.717) is 0 Å². The molecule has 0 aliphatic carbocycles. The number of unbranched alkanes of at least 4 members (excludes halogenated alkanes) is 28. The first kappa shape index (κ1) is 46.4. The van der Waals surface area contributed by atoms with Gasteiger partial charge in [-0.3, -0.25) is 4.18 Å². The second-order valence-corrected chi connectivity index (χ2v) is 14.1. The number of rotatable bonds is 35. The average molecular weight is 653 g/mol. The van der Waals surface area contributed by atoms with Crippen LogP contribution in [-0.2, 0) is 14.6 Å². The van der Waals surface area contributed by atoms with Crippen LogP contribution in [0.5, 0.6) is 0 Å². The van der Waals surface area contributed by atoms with E-state index in [0.717, 1.165) is 19.3 Å². The van der Waals surface area contributed by atoms with Gasteiger partial charge < -0.3 is 4.55 Å². The molecule has 0 saturated heterocycles. The van der Waals surface area contributed by atoms with Crippen molar-refractivity contribution in [1.82, 2.24) is 0 Å². The topological polar surface area (TPSA) is 66.4 Å². The van der Waals surface area contributed by atoms with Gasteiger partial charge >= 0.3 is 51.4 Å². The summed E-state index contributed by atoms with van der Waals surface area (Å²) in [4.78, 5) is 0. The van der Waals surface area contributed by atoms with Gasteiger partial charge in [0.25, 0.3) is 0 Å². The molecule has 0 amide bonds. The maximum Gasteiger partial charge on any atom is 1.00 e. The molecular formula is C37H73KO4S. The van der Waals surface area contributed by atoms with Crippen LogP contribution < -0.4 is 51.4 Å². The van der Waals surface area contributed by atoms with E-state index in [1.54, 1.807) is 0 Å². The zero-order valence-electron chi connectivity index (χ0n) is 29.4. The van der Waals surface area contributed by atoms with Gasteiger partial charge in [-0.1, -0.05) is 206 Å². The Morgan fingerprint density at radius 2 is 0.814 bits per heavy atom. The van der Waals surface area contributed by atoms with Gasteiger partial charge in [-0.05, 0) is 19.3 Å². The number of allylic oxidation sites excluding steroid dienone is 1. The first-order chi connectivity index (χ1) is 20.5. The van der Waals surface area contributed by atoms with Crippen LogP contribution in [0.25, 0.3) is 0 Å². The summed E-state index contributed by atoms with van der Waals surface area (Å²) in [7, 11) is -4.62. The van der Waals surface area contributed by atoms with E-state index in [2.05, 4.69) is 30.2 Å². The summed E-state index contributed by atoms with van der Waals surface area (Å²) in [5.74, 6) is 0.0161. The molecule has 0 spiro atoms. The maximum atomic E-state index is 11.0. The molecule has 0 N–H and O–H groups in total. The van der Waals surface area contributed by atoms with Crippen LogP contribution in [0.2, 0.25) is 0 Å². The van der Waals surface area contributed by atoms with E-state index < -0.39 is 10.4 Å². The molecule has 252 valence electrons. The van der Waals surface area contributed by atoms with Crippen LogP contribution in [0.15, 0.2) is 12.2 Å². The van der Waals surface area contributed by atoms with E-state index in [9.17, 15) is 13.0 Å². The molecule has 0 aromatic carbocycles. The van der Waals surface area contributed by atoms with Crippen LogP contribution in [-0.4, -0.2) is 19.6 Å². The molecule has 1 unspecified atom stereocenters. The van der Waals surface area contributed by atoms with Gasteiger partial charge in [-0.15, -0.1) is 0 Å². The average Bonchev–Trinajstić information content (AvgIpc) is 2.96. The summed E-state index contributed by atoms with van der Waals surface area (Å²) in [6.07, 6.45) is 45.3. The van der Waals surface area contributed by atoms with Gasteiger partial charge in [0.05, 0.1) is 6.61 Å². The van der Waals surface area contributed by atoms with Crippen molar-refractivity contribution in [2.24, 2.45) is 5.92 Å². The van der Waals surface area contributed by atoms with E-state index in [4.69, 9.17) is 0 Å². The van der Waals surface area contributed by atoms with Crippen molar-refractivity contribution in [1.29, 1.82) is 0 Å². The molecule has 0 heterocycles. The molecule has 0 fully saturated rings. The molecule has 0 aromatic heterocycles. The van der Waals surface area contributed by atoms with Gasteiger partial charge in [0.1, 0.15) is 0 Å². The van der Waals surface area contributed by atoms with Gasteiger partial charge in [-0.2, -0.15) is 0 Å². The Balaban J connectivity index is 0. The van der Waals surface area contributed by atoms with Crippen LogP contribution in [0.3, 0.4) is 0 Å². The Bertz CT molecular complexity index is 653. The molecular weight excluding hydrogens is 580 g/mol. The minimum Gasteiger partial charge on any atom is -0.726 e. The van der Waals surface area contributed by atoms with Crippen LogP contribution in [0.4, 0.5) is 0 Å². The van der Waals surface area contributed by atoms with Crippen molar-refractivity contribution < 1.29 is 68.5 Å². The van der Waals surface area contributed by atoms with Crippen LogP contribution >= 0.6 is 0 Å². The molecule has 0 radical (unpaired) electrons. The van der Waals surface area contributed by atoms with Gasteiger partial charge in [0, 0.05) is 5.92 Å². The first-order valence-electron chi connectivity index (χ1n) is 18.8. The molecule has 0 rings (SSSR count). The SMILES string of the molecule is CCCCCCCCCCCCCCCCC/C=C/C(CCCCCCCCCCCCCCCC)COS(=O)(=O)[O-].[K+]. The summed E-state index contributed by atoms with van der Waals surface area (Å²) in [6.45, 7) is 4.54. The Hall–Kier alpha value is 1.25. The van der Waals surface area contributed by atoms with Gasteiger partial charge in [-0.25, -0.2) is 8.42 Å². The van der Waals surface area contributed by atoms with Crippen molar-refractivity contribution in [3.05, 3.63) is 12.2 Å². The molecule has 6 heteroatoms. The van der Waals surface area contributed by atoms with Crippen molar-refractivity contribution in [2.45, 2.75) is 213 Å². The smallest absolute Gasteiger partial charge is 0.726 e. The molecule has 1 atom stereocenters. The molecule has 0 saturated carbocycles. The molecule has 43 heavy (non-hydrogen) atoms. The summed E-state index contributed by atoms with van der Waals surface area (Å²) in [5, 5.41) is 0.